The number of unbranched alkanes of at least 4 members (excludes halogenated alkanes) is 14. The minimum absolute atomic E-state index is 0.221. The Labute approximate surface area is 295 Å². The van der Waals surface area contributed by atoms with Crippen LogP contribution in [0.1, 0.15) is 133 Å². The van der Waals surface area contributed by atoms with Crippen LogP contribution in [-0.2, 0) is 22.5 Å². The summed E-state index contributed by atoms with van der Waals surface area (Å²) in [7, 11) is 0. The van der Waals surface area contributed by atoms with E-state index >= 15 is 0 Å². The number of aromatic nitrogens is 2. The Morgan fingerprint density at radius 2 is 1.33 bits per heavy atom. The van der Waals surface area contributed by atoms with Crippen molar-refractivity contribution in [1.82, 2.24) is 10.3 Å². The summed E-state index contributed by atoms with van der Waals surface area (Å²) in [5.41, 5.74) is 1.15. The maximum Gasteiger partial charge on any atom is 0.254 e. The van der Waals surface area contributed by atoms with E-state index in [0.29, 0.717) is 43.9 Å². The van der Waals surface area contributed by atoms with Gasteiger partial charge >= 0.3 is 0 Å². The fourth-order valence-electron chi connectivity index (χ4n) is 5.88. The number of benzene rings is 1. The molecule has 3 rings (SSSR count). The molecule has 9 heteroatoms. The molecule has 1 aromatic carbocycles. The molecule has 3 aromatic rings. The Bertz CT molecular complexity index is 1170. The van der Waals surface area contributed by atoms with Gasteiger partial charge in [-0.1, -0.05) is 127 Å². The molecule has 0 saturated carbocycles. The van der Waals surface area contributed by atoms with Crippen molar-refractivity contribution in [3.63, 3.8) is 0 Å². The molecule has 2 atom stereocenters. The molecule has 0 bridgehead atoms. The normalized spacial score (nSPS) is 12.7. The molecule has 0 spiro atoms. The first-order valence-corrected chi connectivity index (χ1v) is 19.1. The van der Waals surface area contributed by atoms with Crippen molar-refractivity contribution < 1.29 is 33.1 Å². The van der Waals surface area contributed by atoms with E-state index in [2.05, 4.69) is 29.4 Å². The van der Waals surface area contributed by atoms with Gasteiger partial charge in [0.1, 0.15) is 18.1 Å². The van der Waals surface area contributed by atoms with Crippen LogP contribution in [0.4, 0.5) is 0 Å². The van der Waals surface area contributed by atoms with E-state index in [1.807, 2.05) is 31.2 Å². The van der Waals surface area contributed by atoms with Crippen LogP contribution in [0.25, 0.3) is 0 Å². The van der Waals surface area contributed by atoms with Gasteiger partial charge < -0.3 is 33.1 Å². The third-order valence-electron chi connectivity index (χ3n) is 8.77. The monoisotopic (exact) mass is 684 g/mol. The fourth-order valence-corrected chi connectivity index (χ4v) is 5.88. The summed E-state index contributed by atoms with van der Waals surface area (Å²) in [6, 6.07) is 13.8. The molecule has 9 nitrogen and oxygen atoms in total. The number of aryl methyl sites for hydroxylation is 2. The summed E-state index contributed by atoms with van der Waals surface area (Å²) in [4.78, 5) is 0. The molecular formula is C40H64N2O7. The highest BCUT2D eigenvalue weighted by molar-refractivity contribution is 5.13. The highest BCUT2D eigenvalue weighted by Crippen LogP contribution is 2.19. The minimum Gasteiger partial charge on any atom is -0.471 e. The Balaban J connectivity index is 1.36. The summed E-state index contributed by atoms with van der Waals surface area (Å²) in [6.07, 6.45) is 21.5. The van der Waals surface area contributed by atoms with E-state index in [4.69, 9.17) is 28.0 Å². The van der Waals surface area contributed by atoms with Gasteiger partial charge in [-0.05, 0) is 42.1 Å². The summed E-state index contributed by atoms with van der Waals surface area (Å²) >= 11 is 0. The number of hydrogen-bond donors (Lipinski definition) is 1. The predicted octanol–water partition coefficient (Wildman–Crippen LogP) is 9.83. The van der Waals surface area contributed by atoms with Gasteiger partial charge in [0, 0.05) is 31.1 Å². The van der Waals surface area contributed by atoms with E-state index in [9.17, 15) is 5.11 Å². The van der Waals surface area contributed by atoms with Crippen molar-refractivity contribution >= 4 is 0 Å². The van der Waals surface area contributed by atoms with Crippen molar-refractivity contribution in [3.05, 3.63) is 59.5 Å². The molecule has 0 fully saturated rings. The van der Waals surface area contributed by atoms with Crippen LogP contribution in [0.15, 0.2) is 51.5 Å². The second-order valence-corrected chi connectivity index (χ2v) is 13.4. The number of rotatable bonds is 32. The van der Waals surface area contributed by atoms with Crippen LogP contribution in [-0.4, -0.2) is 54.6 Å². The van der Waals surface area contributed by atoms with E-state index in [1.165, 1.54) is 77.0 Å². The number of nitrogens with zero attached hydrogens (tertiary/aromatic N) is 2. The Morgan fingerprint density at radius 3 is 2.00 bits per heavy atom. The lowest BCUT2D eigenvalue weighted by atomic mass is 10.0. The average molecular weight is 685 g/mol. The smallest absolute Gasteiger partial charge is 0.254 e. The van der Waals surface area contributed by atoms with E-state index < -0.39 is 6.10 Å². The number of hydrogen-bond acceptors (Lipinski definition) is 9. The first kappa shape index (κ1) is 40.5. The van der Waals surface area contributed by atoms with Crippen molar-refractivity contribution in [2.45, 2.75) is 142 Å². The fraction of sp³-hybridized carbons (Fsp3) is 0.700. The first-order chi connectivity index (χ1) is 24.2. The van der Waals surface area contributed by atoms with Gasteiger partial charge in [-0.2, -0.15) is 0 Å². The van der Waals surface area contributed by atoms with Crippen molar-refractivity contribution in [1.29, 1.82) is 0 Å². The Kier molecular flexibility index (Phi) is 22.3. The first-order valence-electron chi connectivity index (χ1n) is 19.1. The lowest BCUT2D eigenvalue weighted by molar-refractivity contribution is -0.0123. The average Bonchev–Trinajstić information content (AvgIpc) is 3.75. The molecule has 0 aliphatic heterocycles. The zero-order valence-corrected chi connectivity index (χ0v) is 30.5. The predicted molar refractivity (Wildman–Crippen MR) is 193 cm³/mol. The SMILES string of the molecule is CCCCCCCCCCCCCCCc1cc(OC[C@H](COC[C@@H](CCCCCO)COCc2ccccc2)Oc2cc(C)on2)no1. The van der Waals surface area contributed by atoms with Crippen LogP contribution in [0.5, 0.6) is 11.8 Å². The van der Waals surface area contributed by atoms with Gasteiger partial charge in [0.15, 0.2) is 6.10 Å². The molecule has 0 aliphatic rings. The van der Waals surface area contributed by atoms with E-state index in [-0.39, 0.29) is 19.1 Å². The summed E-state index contributed by atoms with van der Waals surface area (Å²) in [6.45, 7) is 6.55. The van der Waals surface area contributed by atoms with Gasteiger partial charge in [-0.25, -0.2) is 0 Å². The maximum atomic E-state index is 9.18. The molecule has 2 aromatic heterocycles. The Morgan fingerprint density at radius 1 is 0.673 bits per heavy atom. The Hall–Kier alpha value is -2.88. The van der Waals surface area contributed by atoms with E-state index in [1.54, 1.807) is 6.07 Å². The maximum absolute atomic E-state index is 9.18. The van der Waals surface area contributed by atoms with Gasteiger partial charge in [-0.15, -0.1) is 0 Å². The second kappa shape index (κ2) is 26.9. The number of aliphatic hydroxyl groups is 1. The molecule has 2 heterocycles. The van der Waals surface area contributed by atoms with Crippen LogP contribution in [0.3, 0.4) is 0 Å². The summed E-state index contributed by atoms with van der Waals surface area (Å²) in [5.74, 6) is 2.58. The highest BCUT2D eigenvalue weighted by Gasteiger charge is 2.18. The van der Waals surface area contributed by atoms with Crippen molar-refractivity contribution in [2.24, 2.45) is 5.92 Å². The summed E-state index contributed by atoms with van der Waals surface area (Å²) in [5, 5.41) is 17.3. The molecule has 49 heavy (non-hydrogen) atoms. The van der Waals surface area contributed by atoms with E-state index in [0.717, 1.165) is 49.8 Å². The molecule has 0 unspecified atom stereocenters. The van der Waals surface area contributed by atoms with Gasteiger partial charge in [0.25, 0.3) is 11.8 Å². The third-order valence-corrected chi connectivity index (χ3v) is 8.77. The second-order valence-electron chi connectivity index (χ2n) is 13.4. The standard InChI is InChI=1S/C40H64N2O7/c1-3-4-5-6-7-8-9-10-11-12-13-14-20-25-37-28-39(41-49-37)46-33-38(47-40-27-34(2)48-42-40)32-45-31-36(24-19-16-21-26-43)30-44-29-35-22-17-15-18-23-35/h15,17-18,22-23,27-28,36,38,43H,3-14,16,19-21,24-26,29-33H2,1-2H3/t36-,38-/m0/s1. The molecule has 276 valence electrons. The molecule has 0 saturated heterocycles. The largest absolute Gasteiger partial charge is 0.471 e. The third kappa shape index (κ3) is 19.8. The molecule has 0 radical (unpaired) electrons. The number of ether oxygens (including phenoxy) is 4. The lowest BCUT2D eigenvalue weighted by Crippen LogP contribution is -2.31. The van der Waals surface area contributed by atoms with Gasteiger partial charge in [0.05, 0.1) is 26.4 Å². The topological polar surface area (TPSA) is 109 Å². The van der Waals surface area contributed by atoms with Crippen LogP contribution in [0, 0.1) is 12.8 Å². The van der Waals surface area contributed by atoms with Crippen LogP contribution < -0.4 is 9.47 Å². The quantitative estimate of drug-likeness (QED) is 0.0643. The van der Waals surface area contributed by atoms with Gasteiger partial charge in [0.2, 0.25) is 0 Å². The molecule has 0 amide bonds. The zero-order chi connectivity index (χ0) is 34.6. The van der Waals surface area contributed by atoms with Crippen LogP contribution >= 0.6 is 0 Å². The molecular weight excluding hydrogens is 620 g/mol. The van der Waals surface area contributed by atoms with Crippen molar-refractivity contribution in [2.75, 3.05) is 33.0 Å². The van der Waals surface area contributed by atoms with Crippen LogP contribution in [0.2, 0.25) is 0 Å². The van der Waals surface area contributed by atoms with Gasteiger partial charge in [-0.3, -0.25) is 0 Å². The lowest BCUT2D eigenvalue weighted by Gasteiger charge is -2.21. The summed E-state index contributed by atoms with van der Waals surface area (Å²) < 4.78 is 35.1. The molecule has 0 aliphatic carbocycles. The highest BCUT2D eigenvalue weighted by atomic mass is 16.6. The zero-order valence-electron chi connectivity index (χ0n) is 30.5. The number of aliphatic hydroxyl groups excluding tert-OH is 1. The minimum atomic E-state index is -0.425. The van der Waals surface area contributed by atoms with Crippen molar-refractivity contribution in [3.8, 4) is 11.8 Å². The molecule has 1 N–H and O–H groups in total.